The number of hydrogen-bond acceptors (Lipinski definition) is 4. The van der Waals surface area contributed by atoms with E-state index in [0.717, 1.165) is 22.1 Å². The average Bonchev–Trinajstić information content (AvgIpc) is 2.86. The lowest BCUT2D eigenvalue weighted by molar-refractivity contribution is -0.400. The second-order valence-corrected chi connectivity index (χ2v) is 5.27. The van der Waals surface area contributed by atoms with E-state index in [0.29, 0.717) is 17.7 Å². The predicted octanol–water partition coefficient (Wildman–Crippen LogP) is 4.46. The molecule has 0 bridgehead atoms. The van der Waals surface area contributed by atoms with Crippen molar-refractivity contribution >= 4 is 29.3 Å². The summed E-state index contributed by atoms with van der Waals surface area (Å²) in [5.41, 5.74) is 4.02. The zero-order chi connectivity index (χ0) is 15.7. The standard InChI is InChI=1S/C17H16N2O3.ClH/c1-11-7-12(10-18-2)9-13(8-11)16-14-5-3-4-6-15(14)22-17(16)19(20)21;/h3-9,18H,10H2,1-2H3;1H. The van der Waals surface area contributed by atoms with Gasteiger partial charge in [-0.2, -0.15) is 0 Å². The Morgan fingerprint density at radius 2 is 1.96 bits per heavy atom. The first-order chi connectivity index (χ1) is 10.6. The van der Waals surface area contributed by atoms with Gasteiger partial charge in [0.25, 0.3) is 0 Å². The summed E-state index contributed by atoms with van der Waals surface area (Å²) in [5, 5.41) is 15.2. The molecule has 0 saturated heterocycles. The van der Waals surface area contributed by atoms with Crippen LogP contribution in [0, 0.1) is 17.0 Å². The highest BCUT2D eigenvalue weighted by Gasteiger charge is 2.25. The lowest BCUT2D eigenvalue weighted by atomic mass is 9.99. The summed E-state index contributed by atoms with van der Waals surface area (Å²) in [4.78, 5) is 10.9. The van der Waals surface area contributed by atoms with Crippen molar-refractivity contribution in [2.24, 2.45) is 0 Å². The first kappa shape index (κ1) is 17.0. The second kappa shape index (κ2) is 6.81. The summed E-state index contributed by atoms with van der Waals surface area (Å²) in [5.74, 6) is -0.206. The molecule has 0 aliphatic carbocycles. The minimum atomic E-state index is -0.463. The molecule has 3 rings (SSSR count). The normalized spacial score (nSPS) is 10.5. The summed E-state index contributed by atoms with van der Waals surface area (Å²) in [6.45, 7) is 2.69. The number of aryl methyl sites for hydroxylation is 1. The third-order valence-electron chi connectivity index (χ3n) is 3.55. The van der Waals surface area contributed by atoms with E-state index in [4.69, 9.17) is 4.42 Å². The fourth-order valence-corrected chi connectivity index (χ4v) is 2.75. The summed E-state index contributed by atoms with van der Waals surface area (Å²) in [6, 6.07) is 13.2. The van der Waals surface area contributed by atoms with Crippen LogP contribution in [0.25, 0.3) is 22.1 Å². The quantitative estimate of drug-likeness (QED) is 0.566. The Labute approximate surface area is 139 Å². The van der Waals surface area contributed by atoms with Gasteiger partial charge in [0.15, 0.2) is 0 Å². The number of nitrogens with zero attached hydrogens (tertiary/aromatic N) is 1. The minimum Gasteiger partial charge on any atom is -0.400 e. The number of para-hydroxylation sites is 1. The van der Waals surface area contributed by atoms with Crippen molar-refractivity contribution in [2.75, 3.05) is 7.05 Å². The van der Waals surface area contributed by atoms with Crippen molar-refractivity contribution in [3.8, 4) is 11.1 Å². The summed E-state index contributed by atoms with van der Waals surface area (Å²) < 4.78 is 5.44. The van der Waals surface area contributed by atoms with Crippen molar-refractivity contribution in [1.82, 2.24) is 5.32 Å². The number of nitro groups is 1. The highest BCUT2D eigenvalue weighted by molar-refractivity contribution is 5.98. The van der Waals surface area contributed by atoms with E-state index >= 15 is 0 Å². The molecule has 0 spiro atoms. The summed E-state index contributed by atoms with van der Waals surface area (Å²) in [6.07, 6.45) is 0. The van der Waals surface area contributed by atoms with Crippen molar-refractivity contribution in [3.05, 3.63) is 63.7 Å². The molecule has 0 saturated carbocycles. The van der Waals surface area contributed by atoms with Gasteiger partial charge in [0.05, 0.1) is 0 Å². The fraction of sp³-hybridized carbons (Fsp3) is 0.176. The summed E-state index contributed by atoms with van der Waals surface area (Å²) >= 11 is 0. The van der Waals surface area contributed by atoms with E-state index in [2.05, 4.69) is 11.4 Å². The lowest BCUT2D eigenvalue weighted by Crippen LogP contribution is -2.05. The Kier molecular flexibility index (Phi) is 5.03. The molecule has 1 aromatic heterocycles. The topological polar surface area (TPSA) is 68.3 Å². The molecule has 3 aromatic rings. The smallest absolute Gasteiger partial charge is 0.400 e. The van der Waals surface area contributed by atoms with Gasteiger partial charge in [0.1, 0.15) is 16.1 Å². The van der Waals surface area contributed by atoms with E-state index in [-0.39, 0.29) is 18.3 Å². The number of fused-ring (bicyclic) bond motifs is 1. The maximum absolute atomic E-state index is 11.4. The van der Waals surface area contributed by atoms with Gasteiger partial charge < -0.3 is 9.73 Å². The van der Waals surface area contributed by atoms with Crippen molar-refractivity contribution in [1.29, 1.82) is 0 Å². The van der Waals surface area contributed by atoms with Crippen LogP contribution in [0.5, 0.6) is 0 Å². The third-order valence-corrected chi connectivity index (χ3v) is 3.55. The van der Waals surface area contributed by atoms with Crippen LogP contribution in [0.15, 0.2) is 46.9 Å². The monoisotopic (exact) mass is 332 g/mol. The van der Waals surface area contributed by atoms with Crippen LogP contribution in [0.3, 0.4) is 0 Å². The molecule has 6 heteroatoms. The molecule has 2 aromatic carbocycles. The molecule has 0 unspecified atom stereocenters. The third kappa shape index (κ3) is 3.21. The van der Waals surface area contributed by atoms with Crippen LogP contribution in [-0.2, 0) is 6.54 Å². The van der Waals surface area contributed by atoms with Crippen LogP contribution in [-0.4, -0.2) is 12.0 Å². The maximum atomic E-state index is 11.4. The molecule has 0 radical (unpaired) electrons. The van der Waals surface area contributed by atoms with E-state index in [1.807, 2.05) is 44.3 Å². The molecule has 0 aliphatic rings. The van der Waals surface area contributed by atoms with E-state index < -0.39 is 4.92 Å². The molecule has 120 valence electrons. The summed E-state index contributed by atoms with van der Waals surface area (Å²) in [7, 11) is 1.87. The number of benzene rings is 2. The Morgan fingerprint density at radius 3 is 2.65 bits per heavy atom. The molecular formula is C17H17ClN2O3. The van der Waals surface area contributed by atoms with Crippen LogP contribution in [0.1, 0.15) is 11.1 Å². The number of rotatable bonds is 4. The first-order valence-corrected chi connectivity index (χ1v) is 7.01. The van der Waals surface area contributed by atoms with Gasteiger partial charge in [-0.3, -0.25) is 10.1 Å². The Bertz CT molecular complexity index is 858. The van der Waals surface area contributed by atoms with Gasteiger partial charge >= 0.3 is 5.88 Å². The molecule has 0 amide bonds. The van der Waals surface area contributed by atoms with Gasteiger partial charge in [-0.1, -0.05) is 35.9 Å². The van der Waals surface area contributed by atoms with Crippen molar-refractivity contribution in [2.45, 2.75) is 13.5 Å². The molecule has 1 heterocycles. The van der Waals surface area contributed by atoms with E-state index in [1.165, 1.54) is 0 Å². The number of nitrogens with one attached hydrogen (secondary N) is 1. The number of halogens is 1. The molecule has 1 N–H and O–H groups in total. The van der Waals surface area contributed by atoms with Crippen molar-refractivity contribution in [3.63, 3.8) is 0 Å². The zero-order valence-electron chi connectivity index (χ0n) is 12.8. The van der Waals surface area contributed by atoms with Crippen molar-refractivity contribution < 1.29 is 9.34 Å². The fourth-order valence-electron chi connectivity index (χ4n) is 2.75. The van der Waals surface area contributed by atoms with E-state index in [1.54, 1.807) is 6.07 Å². The Hall–Kier alpha value is -2.37. The molecule has 0 atom stereocenters. The largest absolute Gasteiger partial charge is 0.442 e. The van der Waals surface area contributed by atoms with Gasteiger partial charge in [-0.25, -0.2) is 0 Å². The van der Waals surface area contributed by atoms with Gasteiger partial charge in [0.2, 0.25) is 0 Å². The highest BCUT2D eigenvalue weighted by atomic mass is 35.5. The average molecular weight is 333 g/mol. The molecule has 23 heavy (non-hydrogen) atoms. The van der Waals surface area contributed by atoms with Gasteiger partial charge in [-0.05, 0) is 37.2 Å². The molecular weight excluding hydrogens is 316 g/mol. The Morgan fingerprint density at radius 1 is 1.22 bits per heavy atom. The van der Waals surface area contributed by atoms with Gasteiger partial charge in [0, 0.05) is 11.9 Å². The first-order valence-electron chi connectivity index (χ1n) is 7.01. The lowest BCUT2D eigenvalue weighted by Gasteiger charge is -2.06. The van der Waals surface area contributed by atoms with Gasteiger partial charge in [-0.15, -0.1) is 12.4 Å². The molecule has 5 nitrogen and oxygen atoms in total. The Balaban J connectivity index is 0.00000192. The highest BCUT2D eigenvalue weighted by Crippen LogP contribution is 2.40. The zero-order valence-corrected chi connectivity index (χ0v) is 13.6. The van der Waals surface area contributed by atoms with Crippen LogP contribution in [0.4, 0.5) is 5.88 Å². The second-order valence-electron chi connectivity index (χ2n) is 5.27. The minimum absolute atomic E-state index is 0. The number of hydrogen-bond donors (Lipinski definition) is 1. The van der Waals surface area contributed by atoms with Crippen LogP contribution < -0.4 is 5.32 Å². The molecule has 0 aliphatic heterocycles. The van der Waals surface area contributed by atoms with Crippen LogP contribution >= 0.6 is 12.4 Å². The number of furan rings is 1. The SMILES string of the molecule is CNCc1cc(C)cc(-c2c([N+](=O)[O-])oc3ccccc23)c1.Cl. The molecule has 0 fully saturated rings. The van der Waals surface area contributed by atoms with Crippen LogP contribution in [0.2, 0.25) is 0 Å². The van der Waals surface area contributed by atoms with E-state index in [9.17, 15) is 10.1 Å². The maximum Gasteiger partial charge on any atom is 0.442 e. The predicted molar refractivity (Wildman–Crippen MR) is 93.1 cm³/mol.